The molecule has 1 aromatic rings. The predicted molar refractivity (Wildman–Crippen MR) is 72.6 cm³/mol. The van der Waals surface area contributed by atoms with E-state index in [9.17, 15) is 18.0 Å². The second-order valence-corrected chi connectivity index (χ2v) is 5.95. The maximum atomic E-state index is 11.9. The molecule has 21 heavy (non-hydrogen) atoms. The van der Waals surface area contributed by atoms with Crippen LogP contribution in [0.3, 0.4) is 0 Å². The van der Waals surface area contributed by atoms with E-state index in [1.807, 2.05) is 4.72 Å². The number of carboxylic acids is 2. The molecular formula is C12H12N2O6S. The van der Waals surface area contributed by atoms with Crippen molar-refractivity contribution < 1.29 is 28.2 Å². The van der Waals surface area contributed by atoms with Crippen LogP contribution in [0.1, 0.15) is 34.1 Å². The average molecular weight is 312 g/mol. The number of sulfonamides is 1. The molecule has 8 nitrogen and oxygen atoms in total. The first-order valence-corrected chi connectivity index (χ1v) is 7.28. The monoisotopic (exact) mass is 312 g/mol. The minimum Gasteiger partial charge on any atom is -0.478 e. The van der Waals surface area contributed by atoms with Gasteiger partial charge in [-0.2, -0.15) is 5.26 Å². The van der Waals surface area contributed by atoms with Crippen LogP contribution in [-0.4, -0.2) is 35.8 Å². The zero-order valence-corrected chi connectivity index (χ0v) is 11.7. The lowest BCUT2D eigenvalue weighted by Crippen LogP contribution is -2.26. The molecule has 1 atom stereocenters. The van der Waals surface area contributed by atoms with E-state index in [2.05, 4.69) is 0 Å². The number of aromatic carboxylic acids is 2. The van der Waals surface area contributed by atoms with Crippen molar-refractivity contribution in [3.8, 4) is 6.07 Å². The van der Waals surface area contributed by atoms with Crippen molar-refractivity contribution in [2.45, 2.75) is 18.6 Å². The Labute approximate surface area is 120 Å². The molecule has 0 aliphatic carbocycles. The Morgan fingerprint density at radius 3 is 2.05 bits per heavy atom. The summed E-state index contributed by atoms with van der Waals surface area (Å²) in [6.45, 7) is 1.50. The van der Waals surface area contributed by atoms with Crippen LogP contribution >= 0.6 is 0 Å². The van der Waals surface area contributed by atoms with Crippen molar-refractivity contribution in [1.82, 2.24) is 0 Å². The van der Waals surface area contributed by atoms with Gasteiger partial charge in [-0.05, 0) is 24.6 Å². The van der Waals surface area contributed by atoms with Gasteiger partial charge in [0, 0.05) is 0 Å². The Morgan fingerprint density at radius 2 is 1.71 bits per heavy atom. The van der Waals surface area contributed by atoms with E-state index in [1.54, 1.807) is 6.07 Å². The van der Waals surface area contributed by atoms with Crippen LogP contribution in [0.25, 0.3) is 0 Å². The molecule has 1 aromatic carbocycles. The van der Waals surface area contributed by atoms with E-state index in [0.29, 0.717) is 0 Å². The minimum atomic E-state index is -4.06. The highest BCUT2D eigenvalue weighted by atomic mass is 32.2. The van der Waals surface area contributed by atoms with Crippen LogP contribution in [0.5, 0.6) is 0 Å². The highest BCUT2D eigenvalue weighted by Gasteiger charge is 2.24. The van der Waals surface area contributed by atoms with Crippen molar-refractivity contribution >= 4 is 27.6 Å². The molecule has 0 saturated carbocycles. The molecule has 0 saturated heterocycles. The third kappa shape index (κ3) is 3.93. The van der Waals surface area contributed by atoms with E-state index in [4.69, 9.17) is 15.5 Å². The fourth-order valence-electron chi connectivity index (χ4n) is 1.55. The van der Waals surface area contributed by atoms with Crippen LogP contribution in [0.2, 0.25) is 0 Å². The van der Waals surface area contributed by atoms with Gasteiger partial charge in [-0.1, -0.05) is 6.92 Å². The number of nitriles is 1. The lowest BCUT2D eigenvalue weighted by Gasteiger charge is -2.12. The standard InChI is InChI=1S/C12H12N2O6S/c1-2-10(6-13)21(19,20)14-9-4-7(11(15)16)3-8(5-9)12(17)18/h3-5,10,14H,2H2,1H3,(H,15,16)(H,17,18). The smallest absolute Gasteiger partial charge is 0.335 e. The normalized spacial score (nSPS) is 12.2. The Bertz CT molecular complexity index is 688. The molecule has 0 fully saturated rings. The van der Waals surface area contributed by atoms with Crippen molar-refractivity contribution in [2.24, 2.45) is 0 Å². The molecule has 112 valence electrons. The molecule has 3 N–H and O–H groups in total. The number of anilines is 1. The molecule has 1 rings (SSSR count). The largest absolute Gasteiger partial charge is 0.478 e. The van der Waals surface area contributed by atoms with Crippen LogP contribution in [0.4, 0.5) is 5.69 Å². The number of benzene rings is 1. The second-order valence-electron chi connectivity index (χ2n) is 4.08. The highest BCUT2D eigenvalue weighted by Crippen LogP contribution is 2.19. The Balaban J connectivity index is 3.29. The summed E-state index contributed by atoms with van der Waals surface area (Å²) < 4.78 is 25.8. The van der Waals surface area contributed by atoms with E-state index in [0.717, 1.165) is 18.2 Å². The van der Waals surface area contributed by atoms with Crippen LogP contribution < -0.4 is 4.72 Å². The van der Waals surface area contributed by atoms with Gasteiger partial charge in [-0.25, -0.2) is 18.0 Å². The third-order valence-corrected chi connectivity index (χ3v) is 4.28. The van der Waals surface area contributed by atoms with Gasteiger partial charge in [-0.3, -0.25) is 4.72 Å². The van der Waals surface area contributed by atoms with Crippen LogP contribution in [0, 0.1) is 11.3 Å². The summed E-state index contributed by atoms with van der Waals surface area (Å²) in [7, 11) is -4.06. The number of nitrogens with zero attached hydrogens (tertiary/aromatic N) is 1. The van der Waals surface area contributed by atoms with E-state index in [1.165, 1.54) is 6.92 Å². The summed E-state index contributed by atoms with van der Waals surface area (Å²) in [6.07, 6.45) is 0.0379. The lowest BCUT2D eigenvalue weighted by atomic mass is 10.1. The number of carboxylic acid groups (broad SMARTS) is 2. The van der Waals surface area contributed by atoms with E-state index in [-0.39, 0.29) is 23.2 Å². The first-order valence-electron chi connectivity index (χ1n) is 5.74. The molecule has 0 spiro atoms. The first kappa shape index (κ1) is 16.5. The summed E-state index contributed by atoms with van der Waals surface area (Å²) in [4.78, 5) is 21.8. The summed E-state index contributed by atoms with van der Waals surface area (Å²) in [5, 5.41) is 25.2. The van der Waals surface area contributed by atoms with Crippen molar-refractivity contribution in [3.05, 3.63) is 29.3 Å². The molecule has 1 unspecified atom stereocenters. The molecule has 0 bridgehead atoms. The Morgan fingerprint density at radius 1 is 1.24 bits per heavy atom. The molecular weight excluding hydrogens is 300 g/mol. The zero-order chi connectivity index (χ0) is 16.2. The maximum absolute atomic E-state index is 11.9. The molecule has 0 aliphatic rings. The number of hydrogen-bond donors (Lipinski definition) is 3. The van der Waals surface area contributed by atoms with Crippen molar-refractivity contribution in [2.75, 3.05) is 4.72 Å². The van der Waals surface area contributed by atoms with Crippen molar-refractivity contribution in [3.63, 3.8) is 0 Å². The number of carbonyl (C=O) groups is 2. The molecule has 0 aliphatic heterocycles. The van der Waals surface area contributed by atoms with Crippen LogP contribution in [-0.2, 0) is 10.0 Å². The van der Waals surface area contributed by atoms with Gasteiger partial charge in [0.15, 0.2) is 5.25 Å². The van der Waals surface area contributed by atoms with E-state index < -0.39 is 27.2 Å². The zero-order valence-electron chi connectivity index (χ0n) is 10.9. The number of hydrogen-bond acceptors (Lipinski definition) is 5. The molecule has 9 heteroatoms. The Hall–Kier alpha value is -2.60. The topological polar surface area (TPSA) is 145 Å². The first-order chi connectivity index (χ1) is 9.71. The summed E-state index contributed by atoms with van der Waals surface area (Å²) in [5.41, 5.74) is -0.976. The number of rotatable bonds is 6. The minimum absolute atomic E-state index is 0.0379. The van der Waals surface area contributed by atoms with Gasteiger partial charge in [0.05, 0.1) is 22.9 Å². The van der Waals surface area contributed by atoms with Gasteiger partial charge in [-0.15, -0.1) is 0 Å². The summed E-state index contributed by atoms with van der Waals surface area (Å²) in [6, 6.07) is 4.48. The van der Waals surface area contributed by atoms with E-state index >= 15 is 0 Å². The number of nitrogens with one attached hydrogen (secondary N) is 1. The summed E-state index contributed by atoms with van der Waals surface area (Å²) >= 11 is 0. The van der Waals surface area contributed by atoms with Gasteiger partial charge >= 0.3 is 11.9 Å². The van der Waals surface area contributed by atoms with Gasteiger partial charge < -0.3 is 10.2 Å². The maximum Gasteiger partial charge on any atom is 0.335 e. The fourth-order valence-corrected chi connectivity index (χ4v) is 2.72. The predicted octanol–water partition coefficient (Wildman–Crippen LogP) is 1.13. The fraction of sp³-hybridized carbons (Fsp3) is 0.250. The lowest BCUT2D eigenvalue weighted by molar-refractivity contribution is 0.0696. The molecule has 0 radical (unpaired) electrons. The SMILES string of the molecule is CCC(C#N)S(=O)(=O)Nc1cc(C(=O)O)cc(C(=O)O)c1. The second kappa shape index (κ2) is 6.23. The molecule has 0 aromatic heterocycles. The average Bonchev–Trinajstić information content (AvgIpc) is 2.38. The molecule has 0 amide bonds. The quantitative estimate of drug-likeness (QED) is 0.713. The van der Waals surface area contributed by atoms with Gasteiger partial charge in [0.1, 0.15) is 0 Å². The van der Waals surface area contributed by atoms with Gasteiger partial charge in [0.2, 0.25) is 10.0 Å². The summed E-state index contributed by atoms with van der Waals surface area (Å²) in [5.74, 6) is -2.79. The van der Waals surface area contributed by atoms with Crippen LogP contribution in [0.15, 0.2) is 18.2 Å². The van der Waals surface area contributed by atoms with Crippen molar-refractivity contribution in [1.29, 1.82) is 5.26 Å². The van der Waals surface area contributed by atoms with Gasteiger partial charge in [0.25, 0.3) is 0 Å². The highest BCUT2D eigenvalue weighted by molar-refractivity contribution is 7.93. The third-order valence-electron chi connectivity index (χ3n) is 2.58. The Kier molecular flexibility index (Phi) is 4.88. The molecule has 0 heterocycles.